The van der Waals surface area contributed by atoms with Gasteiger partial charge in [0.15, 0.2) is 0 Å². The molecule has 1 aromatic heterocycles. The first-order valence-electron chi connectivity index (χ1n) is 9.73. The second kappa shape index (κ2) is 7.98. The molecular formula is C19H31N5O3. The number of rotatable bonds is 5. The molecule has 3 rings (SSSR count). The lowest BCUT2D eigenvalue weighted by Gasteiger charge is -2.40. The zero-order chi connectivity index (χ0) is 19.6. The molecule has 0 aliphatic carbocycles. The van der Waals surface area contributed by atoms with E-state index >= 15 is 0 Å². The van der Waals surface area contributed by atoms with Gasteiger partial charge in [-0.05, 0) is 27.3 Å². The van der Waals surface area contributed by atoms with Crippen molar-refractivity contribution in [2.24, 2.45) is 0 Å². The number of aromatic nitrogens is 2. The normalized spacial score (nSPS) is 22.1. The highest BCUT2D eigenvalue weighted by Gasteiger charge is 2.36. The minimum Gasteiger partial charge on any atom is -0.481 e. The Morgan fingerprint density at radius 2 is 1.96 bits per heavy atom. The van der Waals surface area contributed by atoms with Crippen molar-refractivity contribution < 1.29 is 14.6 Å². The minimum absolute atomic E-state index is 0.476. The van der Waals surface area contributed by atoms with Crippen molar-refractivity contribution in [3.63, 3.8) is 0 Å². The lowest BCUT2D eigenvalue weighted by atomic mass is 9.85. The van der Waals surface area contributed by atoms with Crippen LogP contribution in [0.3, 0.4) is 0 Å². The van der Waals surface area contributed by atoms with Crippen LogP contribution in [0.4, 0.5) is 11.8 Å². The van der Waals surface area contributed by atoms with E-state index in [0.29, 0.717) is 43.9 Å². The Morgan fingerprint density at radius 1 is 1.26 bits per heavy atom. The van der Waals surface area contributed by atoms with Crippen LogP contribution in [0.2, 0.25) is 0 Å². The molecule has 2 saturated heterocycles. The van der Waals surface area contributed by atoms with Gasteiger partial charge in [0, 0.05) is 50.5 Å². The maximum absolute atomic E-state index is 11.8. The first kappa shape index (κ1) is 19.8. The lowest BCUT2D eigenvalue weighted by molar-refractivity contribution is -0.142. The van der Waals surface area contributed by atoms with Crippen molar-refractivity contribution in [2.45, 2.75) is 38.6 Å². The van der Waals surface area contributed by atoms with Crippen molar-refractivity contribution in [1.82, 2.24) is 14.9 Å². The Bertz CT molecular complexity index is 675. The van der Waals surface area contributed by atoms with Crippen molar-refractivity contribution in [2.75, 3.05) is 62.8 Å². The SMILES string of the molecule is CC[C@@H]1CN(c2ncc(C(C)(C)C(=O)O)c(N3CCOCC3)n2)CCN1C. The minimum atomic E-state index is -1.06. The van der Waals surface area contributed by atoms with E-state index in [4.69, 9.17) is 9.72 Å². The molecule has 0 bridgehead atoms. The molecule has 0 radical (unpaired) electrons. The van der Waals surface area contributed by atoms with E-state index in [1.54, 1.807) is 20.0 Å². The van der Waals surface area contributed by atoms with Gasteiger partial charge in [-0.3, -0.25) is 9.69 Å². The second-order valence-corrected chi connectivity index (χ2v) is 7.93. The number of morpholine rings is 1. The zero-order valence-corrected chi connectivity index (χ0v) is 16.8. The number of carbonyl (C=O) groups is 1. The van der Waals surface area contributed by atoms with Gasteiger partial charge in [-0.2, -0.15) is 4.98 Å². The summed E-state index contributed by atoms with van der Waals surface area (Å²) in [5.41, 5.74) is -0.401. The van der Waals surface area contributed by atoms with Gasteiger partial charge < -0.3 is 19.6 Å². The van der Waals surface area contributed by atoms with E-state index in [9.17, 15) is 9.90 Å². The average Bonchev–Trinajstić information content (AvgIpc) is 2.68. The fourth-order valence-corrected chi connectivity index (χ4v) is 3.66. The maximum Gasteiger partial charge on any atom is 0.313 e. The molecule has 0 spiro atoms. The highest BCUT2D eigenvalue weighted by Crippen LogP contribution is 2.33. The number of carboxylic acids is 1. The molecule has 0 aromatic carbocycles. The number of hydrogen-bond donors (Lipinski definition) is 1. The molecule has 0 unspecified atom stereocenters. The van der Waals surface area contributed by atoms with Crippen LogP contribution in [0.25, 0.3) is 0 Å². The Hall–Kier alpha value is -1.93. The van der Waals surface area contributed by atoms with Gasteiger partial charge in [0.25, 0.3) is 0 Å². The van der Waals surface area contributed by atoms with Gasteiger partial charge in [0.1, 0.15) is 5.82 Å². The maximum atomic E-state index is 11.8. The standard InChI is InChI=1S/C19H31N5O3/c1-5-14-13-24(7-6-22(14)4)18-20-12-15(19(2,3)17(25)26)16(21-18)23-8-10-27-11-9-23/h12,14H,5-11,13H2,1-4H3,(H,25,26)/t14-/m1/s1. The number of carboxylic acid groups (broad SMARTS) is 1. The third-order valence-electron chi connectivity index (χ3n) is 5.81. The molecule has 0 amide bonds. The van der Waals surface area contributed by atoms with Crippen molar-refractivity contribution in [3.8, 4) is 0 Å². The molecule has 2 aliphatic heterocycles. The van der Waals surface area contributed by atoms with Crippen LogP contribution < -0.4 is 9.80 Å². The molecular weight excluding hydrogens is 346 g/mol. The second-order valence-electron chi connectivity index (χ2n) is 7.93. The Balaban J connectivity index is 1.96. The van der Waals surface area contributed by atoms with E-state index in [1.165, 1.54) is 0 Å². The molecule has 27 heavy (non-hydrogen) atoms. The smallest absolute Gasteiger partial charge is 0.313 e. The van der Waals surface area contributed by atoms with Gasteiger partial charge in [-0.15, -0.1) is 0 Å². The van der Waals surface area contributed by atoms with Crippen LogP contribution in [0.5, 0.6) is 0 Å². The molecule has 2 aliphatic rings. The fourth-order valence-electron chi connectivity index (χ4n) is 3.66. The summed E-state index contributed by atoms with van der Waals surface area (Å²) in [6.45, 7) is 11.0. The summed E-state index contributed by atoms with van der Waals surface area (Å²) in [4.78, 5) is 28.0. The quantitative estimate of drug-likeness (QED) is 0.820. The van der Waals surface area contributed by atoms with E-state index in [1.807, 2.05) is 0 Å². The highest BCUT2D eigenvalue weighted by atomic mass is 16.5. The largest absolute Gasteiger partial charge is 0.481 e. The topological polar surface area (TPSA) is 82.0 Å². The summed E-state index contributed by atoms with van der Waals surface area (Å²) < 4.78 is 5.46. The van der Waals surface area contributed by atoms with Crippen LogP contribution in [0, 0.1) is 0 Å². The summed E-state index contributed by atoms with van der Waals surface area (Å²) in [6, 6.07) is 0.476. The molecule has 150 valence electrons. The van der Waals surface area contributed by atoms with E-state index < -0.39 is 11.4 Å². The van der Waals surface area contributed by atoms with Gasteiger partial charge in [0.2, 0.25) is 5.95 Å². The third kappa shape index (κ3) is 4.01. The summed E-state index contributed by atoms with van der Waals surface area (Å²) in [7, 11) is 2.16. The highest BCUT2D eigenvalue weighted by molar-refractivity contribution is 5.82. The summed E-state index contributed by atoms with van der Waals surface area (Å²) in [5.74, 6) is 0.537. The first-order chi connectivity index (χ1) is 12.8. The zero-order valence-electron chi connectivity index (χ0n) is 16.8. The van der Waals surface area contributed by atoms with E-state index in [0.717, 1.165) is 31.9 Å². The number of likely N-dealkylation sites (N-methyl/N-ethyl adjacent to an activating group) is 1. The van der Waals surface area contributed by atoms with Crippen LogP contribution in [-0.4, -0.2) is 85.0 Å². The Kier molecular flexibility index (Phi) is 5.86. The first-order valence-corrected chi connectivity index (χ1v) is 9.73. The van der Waals surface area contributed by atoms with E-state index in [-0.39, 0.29) is 0 Å². The van der Waals surface area contributed by atoms with Gasteiger partial charge >= 0.3 is 5.97 Å². The Labute approximate surface area is 161 Å². The molecule has 8 nitrogen and oxygen atoms in total. The van der Waals surface area contributed by atoms with Gasteiger partial charge in [-0.1, -0.05) is 6.92 Å². The van der Waals surface area contributed by atoms with Gasteiger partial charge in [-0.25, -0.2) is 4.98 Å². The number of anilines is 2. The molecule has 3 heterocycles. The number of nitrogens with zero attached hydrogens (tertiary/aromatic N) is 5. The van der Waals surface area contributed by atoms with Crippen LogP contribution in [0.1, 0.15) is 32.8 Å². The molecule has 1 atom stereocenters. The fraction of sp³-hybridized carbons (Fsp3) is 0.737. The van der Waals surface area contributed by atoms with Gasteiger partial charge in [0.05, 0.1) is 18.6 Å². The van der Waals surface area contributed by atoms with Crippen LogP contribution >= 0.6 is 0 Å². The summed E-state index contributed by atoms with van der Waals surface area (Å²) >= 11 is 0. The molecule has 1 aromatic rings. The number of hydrogen-bond acceptors (Lipinski definition) is 7. The number of piperazine rings is 1. The average molecular weight is 377 g/mol. The lowest BCUT2D eigenvalue weighted by Crippen LogP contribution is -2.51. The third-order valence-corrected chi connectivity index (χ3v) is 5.81. The Morgan fingerprint density at radius 3 is 2.59 bits per heavy atom. The molecule has 2 fully saturated rings. The van der Waals surface area contributed by atoms with Crippen molar-refractivity contribution in [1.29, 1.82) is 0 Å². The number of aliphatic carboxylic acids is 1. The molecule has 8 heteroatoms. The number of ether oxygens (including phenoxy) is 1. The van der Waals surface area contributed by atoms with Crippen molar-refractivity contribution in [3.05, 3.63) is 11.8 Å². The molecule has 0 saturated carbocycles. The molecule has 1 N–H and O–H groups in total. The van der Waals surface area contributed by atoms with Crippen LogP contribution in [0.15, 0.2) is 6.20 Å². The van der Waals surface area contributed by atoms with Crippen LogP contribution in [-0.2, 0) is 14.9 Å². The predicted molar refractivity (Wildman–Crippen MR) is 105 cm³/mol. The van der Waals surface area contributed by atoms with Crippen molar-refractivity contribution >= 4 is 17.7 Å². The van der Waals surface area contributed by atoms with E-state index in [2.05, 4.69) is 33.7 Å². The summed E-state index contributed by atoms with van der Waals surface area (Å²) in [5, 5.41) is 9.72. The monoisotopic (exact) mass is 377 g/mol. The predicted octanol–water partition coefficient (Wildman–Crippen LogP) is 1.21. The summed E-state index contributed by atoms with van der Waals surface area (Å²) in [6.07, 6.45) is 2.79.